The minimum atomic E-state index is -0.295. The number of aromatic hydroxyl groups is 1. The van der Waals surface area contributed by atoms with E-state index in [-0.39, 0.29) is 24.0 Å². The zero-order chi connectivity index (χ0) is 19.7. The van der Waals surface area contributed by atoms with Crippen molar-refractivity contribution >= 4 is 40.6 Å². The molecule has 2 aromatic carbocycles. The second-order valence-electron chi connectivity index (χ2n) is 6.18. The smallest absolute Gasteiger partial charge is 0.257 e. The number of rotatable bonds is 5. The van der Waals surface area contributed by atoms with Crippen molar-refractivity contribution in [2.24, 2.45) is 0 Å². The molecule has 1 aliphatic rings. The predicted molar refractivity (Wildman–Crippen MR) is 105 cm³/mol. The highest BCUT2D eigenvalue weighted by atomic mass is 32.1. The molecule has 4 rings (SSSR count). The average molecular weight is 399 g/mol. The zero-order valence-corrected chi connectivity index (χ0v) is 15.9. The van der Waals surface area contributed by atoms with Crippen LogP contribution in [-0.2, 0) is 0 Å². The number of phenolic OH excluding ortho intramolecular Hbond substituents is 1. The van der Waals surface area contributed by atoms with Crippen LogP contribution in [0.4, 0.5) is 23.0 Å². The number of nitrogens with one attached hydrogen (secondary N) is 2. The Kier molecular flexibility index (Phi) is 4.62. The molecule has 0 spiro atoms. The Labute approximate surface area is 164 Å². The van der Waals surface area contributed by atoms with E-state index in [1.54, 1.807) is 44.4 Å². The van der Waals surface area contributed by atoms with Crippen molar-refractivity contribution in [2.75, 3.05) is 31.5 Å². The maximum Gasteiger partial charge on any atom is 0.257 e. The number of carbonyl (C=O) groups excluding carboxylic acids is 1. The second-order valence-corrected chi connectivity index (χ2v) is 6.71. The number of fused-ring (bicyclic) bond motifs is 1. The molecule has 3 N–H and O–H groups in total. The van der Waals surface area contributed by atoms with Gasteiger partial charge in [-0.05, 0) is 24.3 Å². The van der Waals surface area contributed by atoms with E-state index in [1.165, 1.54) is 4.90 Å². The van der Waals surface area contributed by atoms with Gasteiger partial charge in [0.05, 0.1) is 23.0 Å². The minimum absolute atomic E-state index is 0.150. The number of phenols is 1. The van der Waals surface area contributed by atoms with Crippen LogP contribution in [0.5, 0.6) is 17.2 Å². The summed E-state index contributed by atoms with van der Waals surface area (Å²) in [5, 5.41) is 16.7. The van der Waals surface area contributed by atoms with Crippen molar-refractivity contribution in [2.45, 2.75) is 0 Å². The van der Waals surface area contributed by atoms with Gasteiger partial charge in [0.15, 0.2) is 28.9 Å². The summed E-state index contributed by atoms with van der Waals surface area (Å²) in [6.45, 7) is 0.200. The van der Waals surface area contributed by atoms with Crippen LogP contribution in [-0.4, -0.2) is 45.5 Å². The summed E-state index contributed by atoms with van der Waals surface area (Å²) >= 11 is 1.01. The first-order valence-electron chi connectivity index (χ1n) is 8.33. The molecule has 3 aromatic rings. The molecule has 1 aliphatic heterocycles. The topological polar surface area (TPSA) is 109 Å². The molecular weight excluding hydrogens is 382 g/mol. The lowest BCUT2D eigenvalue weighted by atomic mass is 10.1. The number of benzene rings is 2. The lowest BCUT2D eigenvalue weighted by Gasteiger charge is -2.14. The highest BCUT2D eigenvalue weighted by molar-refractivity contribution is 6.99. The van der Waals surface area contributed by atoms with Crippen molar-refractivity contribution in [3.05, 3.63) is 42.0 Å². The summed E-state index contributed by atoms with van der Waals surface area (Å²) in [4.78, 5) is 13.6. The van der Waals surface area contributed by atoms with Gasteiger partial charge in [0.2, 0.25) is 6.79 Å². The molecule has 0 radical (unpaired) electrons. The molecular formula is C18H17N5O4S. The van der Waals surface area contributed by atoms with Crippen molar-refractivity contribution in [3.8, 4) is 17.2 Å². The van der Waals surface area contributed by atoms with Crippen molar-refractivity contribution < 1.29 is 19.4 Å². The van der Waals surface area contributed by atoms with Crippen LogP contribution in [0.25, 0.3) is 0 Å². The van der Waals surface area contributed by atoms with Gasteiger partial charge in [-0.1, -0.05) is 6.07 Å². The van der Waals surface area contributed by atoms with E-state index in [0.717, 1.165) is 17.4 Å². The van der Waals surface area contributed by atoms with E-state index >= 15 is 0 Å². The number of para-hydroxylation sites is 1. The third-order valence-corrected chi connectivity index (χ3v) is 4.58. The third-order valence-electron chi connectivity index (χ3n) is 4.05. The SMILES string of the molecule is CN(C)C(=O)c1cccc(Nc2nsnc2Nc2ccc3c(c2)OCO3)c1O. The molecule has 0 aliphatic carbocycles. The Morgan fingerprint density at radius 3 is 2.64 bits per heavy atom. The lowest BCUT2D eigenvalue weighted by Crippen LogP contribution is -2.21. The number of hydrogen-bond acceptors (Lipinski definition) is 9. The largest absolute Gasteiger partial charge is 0.505 e. The van der Waals surface area contributed by atoms with Crippen LogP contribution in [0.3, 0.4) is 0 Å². The van der Waals surface area contributed by atoms with E-state index < -0.39 is 0 Å². The second kappa shape index (κ2) is 7.24. The summed E-state index contributed by atoms with van der Waals surface area (Å²) in [5.41, 5.74) is 1.30. The van der Waals surface area contributed by atoms with Crippen LogP contribution in [0.1, 0.15) is 10.4 Å². The van der Waals surface area contributed by atoms with E-state index in [0.29, 0.717) is 28.8 Å². The molecule has 1 amide bonds. The molecule has 1 aromatic heterocycles. The first-order valence-corrected chi connectivity index (χ1v) is 9.06. The van der Waals surface area contributed by atoms with Gasteiger partial charge in [-0.15, -0.1) is 0 Å². The Morgan fingerprint density at radius 2 is 1.86 bits per heavy atom. The van der Waals surface area contributed by atoms with Gasteiger partial charge in [0, 0.05) is 25.8 Å². The molecule has 0 unspecified atom stereocenters. The highest BCUT2D eigenvalue weighted by Crippen LogP contribution is 2.37. The molecule has 144 valence electrons. The highest BCUT2D eigenvalue weighted by Gasteiger charge is 2.18. The number of amides is 1. The predicted octanol–water partition coefficient (Wildman–Crippen LogP) is 3.16. The molecule has 2 heterocycles. The summed E-state index contributed by atoms with van der Waals surface area (Å²) in [7, 11) is 3.25. The van der Waals surface area contributed by atoms with Crippen LogP contribution >= 0.6 is 11.7 Å². The molecule has 0 fully saturated rings. The number of carbonyl (C=O) groups is 1. The van der Waals surface area contributed by atoms with Gasteiger partial charge >= 0.3 is 0 Å². The van der Waals surface area contributed by atoms with Crippen LogP contribution in [0.2, 0.25) is 0 Å². The number of hydrogen-bond donors (Lipinski definition) is 3. The molecule has 0 saturated carbocycles. The summed E-state index contributed by atoms with van der Waals surface area (Å²) < 4.78 is 19.1. The number of anilines is 4. The van der Waals surface area contributed by atoms with Gasteiger partial charge in [-0.25, -0.2) is 0 Å². The van der Waals surface area contributed by atoms with E-state index in [9.17, 15) is 9.90 Å². The Balaban J connectivity index is 1.57. The van der Waals surface area contributed by atoms with Crippen molar-refractivity contribution in [1.82, 2.24) is 13.6 Å². The van der Waals surface area contributed by atoms with E-state index in [2.05, 4.69) is 19.4 Å². The first kappa shape index (κ1) is 17.9. The van der Waals surface area contributed by atoms with Gasteiger partial charge in [-0.3, -0.25) is 4.79 Å². The molecule has 9 nitrogen and oxygen atoms in total. The van der Waals surface area contributed by atoms with Gasteiger partial charge in [-0.2, -0.15) is 8.75 Å². The van der Waals surface area contributed by atoms with Gasteiger partial charge in [0.25, 0.3) is 5.91 Å². The summed E-state index contributed by atoms with van der Waals surface area (Å²) in [5.74, 6) is 1.79. The van der Waals surface area contributed by atoms with Crippen LogP contribution in [0, 0.1) is 0 Å². The molecule has 0 bridgehead atoms. The third kappa shape index (κ3) is 3.37. The molecule has 28 heavy (non-hydrogen) atoms. The Bertz CT molecular complexity index is 1040. The average Bonchev–Trinajstić information content (AvgIpc) is 3.32. The molecule has 0 atom stereocenters. The van der Waals surface area contributed by atoms with Gasteiger partial charge < -0.3 is 30.1 Å². The quantitative estimate of drug-likeness (QED) is 0.562. The lowest BCUT2D eigenvalue weighted by molar-refractivity contribution is 0.0824. The normalized spacial score (nSPS) is 11.9. The zero-order valence-electron chi connectivity index (χ0n) is 15.1. The standard InChI is InChI=1S/C18H17N5O4S/c1-23(2)18(25)11-4-3-5-12(15(11)24)20-17-16(21-28-22-17)19-10-6-7-13-14(8-10)27-9-26-13/h3-8,24H,9H2,1-2H3,(H,19,21)(H,20,22). The molecule has 10 heteroatoms. The summed E-state index contributed by atoms with van der Waals surface area (Å²) in [6.07, 6.45) is 0. The van der Waals surface area contributed by atoms with E-state index in [1.807, 2.05) is 6.07 Å². The van der Waals surface area contributed by atoms with E-state index in [4.69, 9.17) is 9.47 Å². The number of nitrogens with zero attached hydrogens (tertiary/aromatic N) is 3. The Morgan fingerprint density at radius 1 is 1.11 bits per heavy atom. The van der Waals surface area contributed by atoms with Crippen LogP contribution in [0.15, 0.2) is 36.4 Å². The maximum atomic E-state index is 12.2. The fourth-order valence-corrected chi connectivity index (χ4v) is 3.12. The van der Waals surface area contributed by atoms with Crippen molar-refractivity contribution in [3.63, 3.8) is 0 Å². The Hall–Kier alpha value is -3.53. The monoisotopic (exact) mass is 399 g/mol. The van der Waals surface area contributed by atoms with Crippen molar-refractivity contribution in [1.29, 1.82) is 0 Å². The minimum Gasteiger partial charge on any atom is -0.505 e. The van der Waals surface area contributed by atoms with Gasteiger partial charge in [0.1, 0.15) is 0 Å². The fraction of sp³-hybridized carbons (Fsp3) is 0.167. The van der Waals surface area contributed by atoms with Crippen LogP contribution < -0.4 is 20.1 Å². The fourth-order valence-electron chi connectivity index (χ4n) is 2.65. The number of aromatic nitrogens is 2. The molecule has 0 saturated heterocycles. The maximum absolute atomic E-state index is 12.2. The summed E-state index contributed by atoms with van der Waals surface area (Å²) in [6, 6.07) is 10.4. The first-order chi connectivity index (χ1) is 13.5. The number of ether oxygens (including phenoxy) is 2.